The number of aryl methyl sites for hydroxylation is 1. The van der Waals surface area contributed by atoms with Crippen LogP contribution in [0.2, 0.25) is 0 Å². The zero-order chi connectivity index (χ0) is 17.3. The minimum Gasteiger partial charge on any atom is -0.479 e. The van der Waals surface area contributed by atoms with Crippen molar-refractivity contribution in [2.45, 2.75) is 31.8 Å². The van der Waals surface area contributed by atoms with Crippen molar-refractivity contribution >= 4 is 22.8 Å². The third-order valence-electron chi connectivity index (χ3n) is 4.23. The highest BCUT2D eigenvalue weighted by molar-refractivity contribution is 6.06. The molecule has 1 aliphatic carbocycles. The largest absolute Gasteiger partial charge is 0.479 e. The number of amides is 1. The molecule has 1 aliphatic rings. The van der Waals surface area contributed by atoms with Crippen LogP contribution in [0.1, 0.15) is 40.4 Å². The van der Waals surface area contributed by atoms with Crippen molar-refractivity contribution < 1.29 is 19.4 Å². The van der Waals surface area contributed by atoms with E-state index in [0.717, 1.165) is 35.0 Å². The first-order valence-electron chi connectivity index (χ1n) is 7.94. The average Bonchev–Trinajstić information content (AvgIpc) is 3.38. The molecule has 6 heteroatoms. The number of methoxy groups -OCH3 is 1. The Balaban J connectivity index is 1.92. The van der Waals surface area contributed by atoms with E-state index in [1.807, 2.05) is 31.2 Å². The van der Waals surface area contributed by atoms with Gasteiger partial charge in [-0.05, 0) is 38.0 Å². The molecule has 126 valence electrons. The number of carbonyl (C=O) groups is 2. The molecule has 0 saturated heterocycles. The van der Waals surface area contributed by atoms with Gasteiger partial charge in [0, 0.05) is 24.1 Å². The van der Waals surface area contributed by atoms with Crippen LogP contribution in [-0.4, -0.2) is 41.7 Å². The third-order valence-corrected chi connectivity index (χ3v) is 4.23. The fourth-order valence-electron chi connectivity index (χ4n) is 2.69. The Morgan fingerprint density at radius 1 is 1.38 bits per heavy atom. The van der Waals surface area contributed by atoms with Gasteiger partial charge in [-0.2, -0.15) is 0 Å². The number of nitrogens with one attached hydrogen (secondary N) is 1. The number of hydrogen-bond acceptors (Lipinski definition) is 4. The number of carbonyl (C=O) groups excluding carboxylic acids is 1. The molecule has 1 fully saturated rings. The Hall–Kier alpha value is -2.47. The van der Waals surface area contributed by atoms with Gasteiger partial charge in [-0.3, -0.25) is 9.78 Å². The first kappa shape index (κ1) is 16.4. The summed E-state index contributed by atoms with van der Waals surface area (Å²) in [6, 6.07) is 7.65. The number of aliphatic carboxylic acids is 1. The van der Waals surface area contributed by atoms with Gasteiger partial charge in [0.15, 0.2) is 6.10 Å². The fraction of sp³-hybridized carbons (Fsp3) is 0.389. The van der Waals surface area contributed by atoms with Gasteiger partial charge in [-0.25, -0.2) is 4.79 Å². The Morgan fingerprint density at radius 3 is 2.75 bits per heavy atom. The molecular formula is C18H20N2O4. The molecule has 0 radical (unpaired) electrons. The van der Waals surface area contributed by atoms with E-state index in [1.54, 1.807) is 0 Å². The van der Waals surface area contributed by atoms with Crippen LogP contribution in [0.15, 0.2) is 24.3 Å². The molecular weight excluding hydrogens is 308 g/mol. The summed E-state index contributed by atoms with van der Waals surface area (Å²) >= 11 is 0. The van der Waals surface area contributed by atoms with E-state index in [1.165, 1.54) is 7.11 Å². The van der Waals surface area contributed by atoms with E-state index in [9.17, 15) is 9.59 Å². The van der Waals surface area contributed by atoms with Crippen LogP contribution in [0.25, 0.3) is 10.9 Å². The maximum absolute atomic E-state index is 12.6. The first-order chi connectivity index (χ1) is 11.5. The molecule has 1 aromatic carbocycles. The number of nitrogens with zero attached hydrogens (tertiary/aromatic N) is 1. The summed E-state index contributed by atoms with van der Waals surface area (Å²) in [5.41, 5.74) is 3.29. The number of benzene rings is 1. The van der Waals surface area contributed by atoms with Gasteiger partial charge >= 0.3 is 5.97 Å². The summed E-state index contributed by atoms with van der Waals surface area (Å²) < 4.78 is 4.85. The van der Waals surface area contributed by atoms with Gasteiger partial charge in [-0.1, -0.05) is 11.6 Å². The number of rotatable bonds is 6. The van der Waals surface area contributed by atoms with E-state index in [4.69, 9.17) is 9.84 Å². The van der Waals surface area contributed by atoms with E-state index >= 15 is 0 Å². The summed E-state index contributed by atoms with van der Waals surface area (Å²) in [4.78, 5) is 28.3. The molecule has 1 amide bonds. The predicted octanol–water partition coefficient (Wildman–Crippen LogP) is 2.25. The van der Waals surface area contributed by atoms with Crippen LogP contribution in [0.3, 0.4) is 0 Å². The van der Waals surface area contributed by atoms with Crippen LogP contribution >= 0.6 is 0 Å². The van der Waals surface area contributed by atoms with Crippen molar-refractivity contribution in [3.63, 3.8) is 0 Å². The number of hydrogen-bond donors (Lipinski definition) is 2. The van der Waals surface area contributed by atoms with Gasteiger partial charge < -0.3 is 15.2 Å². The molecule has 2 N–H and O–H groups in total. The van der Waals surface area contributed by atoms with Crippen molar-refractivity contribution in [2.24, 2.45) is 0 Å². The lowest BCUT2D eigenvalue weighted by Gasteiger charge is -2.13. The molecule has 6 nitrogen and oxygen atoms in total. The maximum Gasteiger partial charge on any atom is 0.334 e. The maximum atomic E-state index is 12.6. The Kier molecular flexibility index (Phi) is 4.49. The zero-order valence-electron chi connectivity index (χ0n) is 13.7. The Morgan fingerprint density at radius 2 is 2.12 bits per heavy atom. The second-order valence-electron chi connectivity index (χ2n) is 6.16. The van der Waals surface area contributed by atoms with E-state index < -0.39 is 12.1 Å². The minimum atomic E-state index is -1.10. The number of carboxylic acids is 1. The molecule has 0 bridgehead atoms. The molecule has 2 aromatic rings. The molecule has 24 heavy (non-hydrogen) atoms. The number of fused-ring (bicyclic) bond motifs is 1. The number of carboxylic acid groups (broad SMARTS) is 1. The quantitative estimate of drug-likeness (QED) is 0.849. The first-order valence-corrected chi connectivity index (χ1v) is 7.94. The van der Waals surface area contributed by atoms with Gasteiger partial charge in [-0.15, -0.1) is 0 Å². The SMILES string of the molecule is COC(CNC(=O)c1cc(C2CC2)nc2ccc(C)cc12)C(=O)O. The summed E-state index contributed by atoms with van der Waals surface area (Å²) in [6.07, 6.45) is 1.12. The lowest BCUT2D eigenvalue weighted by atomic mass is 10.0. The van der Waals surface area contributed by atoms with Crippen LogP contribution in [0, 0.1) is 6.92 Å². The van der Waals surface area contributed by atoms with Crippen LogP contribution in [0.4, 0.5) is 0 Å². The highest BCUT2D eigenvalue weighted by Crippen LogP contribution is 2.40. The monoisotopic (exact) mass is 328 g/mol. The van der Waals surface area contributed by atoms with Crippen molar-refractivity contribution in [1.82, 2.24) is 10.3 Å². The number of aromatic nitrogens is 1. The highest BCUT2D eigenvalue weighted by atomic mass is 16.5. The molecule has 1 aromatic heterocycles. The molecule has 3 rings (SSSR count). The van der Waals surface area contributed by atoms with Gasteiger partial charge in [0.05, 0.1) is 17.6 Å². The molecule has 0 spiro atoms. The van der Waals surface area contributed by atoms with Crippen molar-refractivity contribution in [2.75, 3.05) is 13.7 Å². The normalized spacial score (nSPS) is 15.2. The molecule has 1 heterocycles. The van der Waals surface area contributed by atoms with Crippen LogP contribution in [-0.2, 0) is 9.53 Å². The summed E-state index contributed by atoms with van der Waals surface area (Å²) in [6.45, 7) is 1.88. The molecule has 1 unspecified atom stereocenters. The highest BCUT2D eigenvalue weighted by Gasteiger charge is 2.27. The van der Waals surface area contributed by atoms with Crippen molar-refractivity contribution in [3.8, 4) is 0 Å². The van der Waals surface area contributed by atoms with Gasteiger partial charge in [0.1, 0.15) is 0 Å². The van der Waals surface area contributed by atoms with Gasteiger partial charge in [0.25, 0.3) is 5.91 Å². The Labute approximate surface area is 139 Å². The van der Waals surface area contributed by atoms with E-state index in [2.05, 4.69) is 10.3 Å². The zero-order valence-corrected chi connectivity index (χ0v) is 13.7. The van der Waals surface area contributed by atoms with Crippen molar-refractivity contribution in [1.29, 1.82) is 0 Å². The molecule has 1 saturated carbocycles. The molecule has 1 atom stereocenters. The summed E-state index contributed by atoms with van der Waals surface area (Å²) in [5, 5.41) is 12.4. The van der Waals surface area contributed by atoms with Crippen molar-refractivity contribution in [3.05, 3.63) is 41.1 Å². The lowest BCUT2D eigenvalue weighted by Crippen LogP contribution is -2.38. The minimum absolute atomic E-state index is 0.0843. The van der Waals surface area contributed by atoms with Crippen LogP contribution < -0.4 is 5.32 Å². The second-order valence-corrected chi connectivity index (χ2v) is 6.16. The van der Waals surface area contributed by atoms with E-state index in [0.29, 0.717) is 11.5 Å². The second kappa shape index (κ2) is 6.57. The smallest absolute Gasteiger partial charge is 0.334 e. The van der Waals surface area contributed by atoms with Gasteiger partial charge in [0.2, 0.25) is 0 Å². The molecule has 0 aliphatic heterocycles. The average molecular weight is 328 g/mol. The number of ether oxygens (including phenoxy) is 1. The number of pyridine rings is 1. The standard InChI is InChI=1S/C18H20N2O4/c1-10-3-6-14-12(7-10)13(8-15(20-14)11-4-5-11)17(21)19-9-16(24-2)18(22)23/h3,6-8,11,16H,4-5,9H2,1-2H3,(H,19,21)(H,22,23). The fourth-order valence-corrected chi connectivity index (χ4v) is 2.69. The van der Waals surface area contributed by atoms with E-state index in [-0.39, 0.29) is 12.5 Å². The summed E-state index contributed by atoms with van der Waals surface area (Å²) in [7, 11) is 1.31. The lowest BCUT2D eigenvalue weighted by molar-refractivity contribution is -0.148. The Bertz CT molecular complexity index is 799. The topological polar surface area (TPSA) is 88.5 Å². The predicted molar refractivity (Wildman–Crippen MR) is 89.2 cm³/mol. The third kappa shape index (κ3) is 3.38. The summed E-state index contributed by atoms with van der Waals surface area (Å²) in [5.74, 6) is -0.988. The van der Waals surface area contributed by atoms with Crippen LogP contribution in [0.5, 0.6) is 0 Å².